The maximum Gasteiger partial charge on any atom is 0.0891 e. The van der Waals surface area contributed by atoms with E-state index in [9.17, 15) is 0 Å². The van der Waals surface area contributed by atoms with Crippen molar-refractivity contribution in [3.8, 4) is 0 Å². The van der Waals surface area contributed by atoms with Gasteiger partial charge in [-0.25, -0.2) is 0 Å². The zero-order valence-electron chi connectivity index (χ0n) is 12.8. The van der Waals surface area contributed by atoms with Crippen LogP contribution >= 0.6 is 0 Å². The van der Waals surface area contributed by atoms with Crippen molar-refractivity contribution < 1.29 is 9.47 Å². The van der Waals surface area contributed by atoms with Crippen LogP contribution in [-0.4, -0.2) is 29.8 Å². The highest BCUT2D eigenvalue weighted by atomic mass is 16.5. The molecule has 1 N–H and O–H groups in total. The zero-order valence-corrected chi connectivity index (χ0v) is 12.8. The Balaban J connectivity index is 1.84. The molecule has 2 unspecified atom stereocenters. The van der Waals surface area contributed by atoms with E-state index in [-0.39, 0.29) is 18.3 Å². The highest BCUT2D eigenvalue weighted by Gasteiger charge is 2.24. The Hall–Kier alpha value is -0.970. The van der Waals surface area contributed by atoms with Gasteiger partial charge >= 0.3 is 0 Å². The Morgan fingerprint density at radius 2 is 1.95 bits per heavy atom. The fourth-order valence-corrected chi connectivity index (χ4v) is 2.64. The Morgan fingerprint density at radius 1 is 1.25 bits per heavy atom. The minimum atomic E-state index is 0.285. The fourth-order valence-electron chi connectivity index (χ4n) is 2.64. The molecule has 0 bridgehead atoms. The number of nitrogens with zero attached hydrogens (tertiary/aromatic N) is 1. The van der Waals surface area contributed by atoms with E-state index >= 15 is 0 Å². The van der Waals surface area contributed by atoms with Gasteiger partial charge in [-0.05, 0) is 45.4 Å². The lowest BCUT2D eigenvalue weighted by molar-refractivity contribution is -0.106. The Kier molecular flexibility index (Phi) is 5.95. The van der Waals surface area contributed by atoms with E-state index in [1.165, 1.54) is 0 Å². The predicted molar refractivity (Wildman–Crippen MR) is 79.4 cm³/mol. The molecule has 1 aromatic heterocycles. The Morgan fingerprint density at radius 3 is 2.65 bits per heavy atom. The first kappa shape index (κ1) is 15.4. The topological polar surface area (TPSA) is 43.4 Å². The molecule has 0 aromatic carbocycles. The van der Waals surface area contributed by atoms with Gasteiger partial charge in [0.2, 0.25) is 0 Å². The van der Waals surface area contributed by atoms with Crippen LogP contribution in [-0.2, 0) is 22.6 Å². The second-order valence-electron chi connectivity index (χ2n) is 5.56. The lowest BCUT2D eigenvalue weighted by atomic mass is 10.0. The smallest absolute Gasteiger partial charge is 0.0891 e. The summed E-state index contributed by atoms with van der Waals surface area (Å²) in [5.41, 5.74) is 2.08. The zero-order chi connectivity index (χ0) is 14.4. The molecule has 0 aliphatic carbocycles. The third-order valence-electron chi connectivity index (χ3n) is 3.54. The van der Waals surface area contributed by atoms with Gasteiger partial charge in [-0.15, -0.1) is 0 Å². The second kappa shape index (κ2) is 7.72. The molecule has 2 atom stereocenters. The fraction of sp³-hybridized carbons (Fsp3) is 0.688. The van der Waals surface area contributed by atoms with Crippen LogP contribution in [0.5, 0.6) is 0 Å². The van der Waals surface area contributed by atoms with Crippen LogP contribution in [0.3, 0.4) is 0 Å². The molecule has 2 heterocycles. The lowest BCUT2D eigenvalue weighted by Gasteiger charge is -2.31. The molecule has 2 rings (SSSR count). The number of rotatable bonds is 6. The van der Waals surface area contributed by atoms with Crippen LogP contribution in [0.2, 0.25) is 0 Å². The summed E-state index contributed by atoms with van der Waals surface area (Å²) in [6, 6.07) is 6.12. The number of hydrogen-bond acceptors (Lipinski definition) is 4. The average molecular weight is 278 g/mol. The van der Waals surface area contributed by atoms with Gasteiger partial charge in [0.1, 0.15) is 0 Å². The van der Waals surface area contributed by atoms with Gasteiger partial charge < -0.3 is 14.8 Å². The minimum absolute atomic E-state index is 0.285. The Bertz CT molecular complexity index is 401. The number of pyridine rings is 1. The van der Waals surface area contributed by atoms with Crippen molar-refractivity contribution in [3.05, 3.63) is 29.6 Å². The second-order valence-corrected chi connectivity index (χ2v) is 5.56. The molecule has 4 heteroatoms. The summed E-state index contributed by atoms with van der Waals surface area (Å²) in [5.74, 6) is 0. The third-order valence-corrected chi connectivity index (χ3v) is 3.54. The van der Waals surface area contributed by atoms with Crippen LogP contribution in [0.4, 0.5) is 0 Å². The molecule has 1 aliphatic rings. The molecular formula is C16H26N2O2. The van der Waals surface area contributed by atoms with Crippen molar-refractivity contribution in [3.63, 3.8) is 0 Å². The summed E-state index contributed by atoms with van der Waals surface area (Å²) in [4.78, 5) is 4.61. The molecule has 112 valence electrons. The lowest BCUT2D eigenvalue weighted by Crippen LogP contribution is -2.34. The number of nitrogens with one attached hydrogen (secondary N) is 1. The largest absolute Gasteiger partial charge is 0.375 e. The summed E-state index contributed by atoms with van der Waals surface area (Å²) in [6.07, 6.45) is 2.81. The van der Waals surface area contributed by atoms with Crippen molar-refractivity contribution in [1.82, 2.24) is 10.3 Å². The summed E-state index contributed by atoms with van der Waals surface area (Å²) in [7, 11) is 0. The van der Waals surface area contributed by atoms with Crippen molar-refractivity contribution in [1.29, 1.82) is 0 Å². The molecule has 1 fully saturated rings. The van der Waals surface area contributed by atoms with E-state index in [4.69, 9.17) is 9.47 Å². The van der Waals surface area contributed by atoms with Crippen molar-refractivity contribution in [2.24, 2.45) is 0 Å². The molecule has 0 saturated carbocycles. The first-order valence-electron chi connectivity index (χ1n) is 7.60. The van der Waals surface area contributed by atoms with Gasteiger partial charge in [0.15, 0.2) is 0 Å². The average Bonchev–Trinajstić information content (AvgIpc) is 2.42. The molecule has 4 nitrogen and oxygen atoms in total. The molecule has 20 heavy (non-hydrogen) atoms. The van der Waals surface area contributed by atoms with Gasteiger partial charge in [-0.1, -0.05) is 13.0 Å². The standard InChI is InChI=1S/C16H26N2O2/c1-4-17-10-14-6-5-7-15(18-14)11-19-16-8-12(2)20-13(3)9-16/h5-7,12-13,16-17H,4,8-11H2,1-3H3. The highest BCUT2D eigenvalue weighted by molar-refractivity contribution is 5.10. The van der Waals surface area contributed by atoms with Crippen molar-refractivity contribution >= 4 is 0 Å². The van der Waals surface area contributed by atoms with Crippen LogP contribution in [0.25, 0.3) is 0 Å². The molecule has 1 saturated heterocycles. The summed E-state index contributed by atoms with van der Waals surface area (Å²) in [6.45, 7) is 8.68. The van der Waals surface area contributed by atoms with Gasteiger partial charge in [0.25, 0.3) is 0 Å². The minimum Gasteiger partial charge on any atom is -0.375 e. The highest BCUT2D eigenvalue weighted by Crippen LogP contribution is 2.22. The van der Waals surface area contributed by atoms with Gasteiger partial charge in [-0.2, -0.15) is 0 Å². The quantitative estimate of drug-likeness (QED) is 0.869. The van der Waals surface area contributed by atoms with E-state index in [1.54, 1.807) is 0 Å². The predicted octanol–water partition coefficient (Wildman–Crippen LogP) is 2.66. The molecule has 0 radical (unpaired) electrons. The monoisotopic (exact) mass is 278 g/mol. The van der Waals surface area contributed by atoms with Crippen LogP contribution in [0, 0.1) is 0 Å². The summed E-state index contributed by atoms with van der Waals surface area (Å²) in [5, 5.41) is 3.29. The normalized spacial score (nSPS) is 26.6. The number of hydrogen-bond donors (Lipinski definition) is 1. The number of ether oxygens (including phenoxy) is 2. The van der Waals surface area contributed by atoms with E-state index in [1.807, 2.05) is 18.2 Å². The maximum absolute atomic E-state index is 6.01. The van der Waals surface area contributed by atoms with Gasteiger partial charge in [0.05, 0.1) is 36.3 Å². The molecule has 1 aromatic rings. The van der Waals surface area contributed by atoms with Gasteiger partial charge in [0, 0.05) is 6.54 Å². The molecular weight excluding hydrogens is 252 g/mol. The summed E-state index contributed by atoms with van der Waals surface area (Å²) < 4.78 is 11.7. The SMILES string of the molecule is CCNCc1cccc(COC2CC(C)OC(C)C2)n1. The Labute approximate surface area is 121 Å². The molecule has 0 spiro atoms. The number of aromatic nitrogens is 1. The van der Waals surface area contributed by atoms with E-state index in [0.717, 1.165) is 37.3 Å². The van der Waals surface area contributed by atoms with Crippen LogP contribution in [0.1, 0.15) is 45.0 Å². The van der Waals surface area contributed by atoms with Crippen molar-refractivity contribution in [2.75, 3.05) is 6.54 Å². The van der Waals surface area contributed by atoms with E-state index in [0.29, 0.717) is 6.61 Å². The van der Waals surface area contributed by atoms with E-state index in [2.05, 4.69) is 31.1 Å². The van der Waals surface area contributed by atoms with Crippen LogP contribution in [0.15, 0.2) is 18.2 Å². The van der Waals surface area contributed by atoms with Crippen LogP contribution < -0.4 is 5.32 Å². The van der Waals surface area contributed by atoms with Gasteiger partial charge in [-0.3, -0.25) is 4.98 Å². The molecule has 1 aliphatic heterocycles. The first-order chi connectivity index (χ1) is 9.67. The third kappa shape index (κ3) is 4.85. The molecule has 0 amide bonds. The van der Waals surface area contributed by atoms with Crippen molar-refractivity contribution in [2.45, 2.75) is 65.1 Å². The summed E-state index contributed by atoms with van der Waals surface area (Å²) >= 11 is 0. The maximum atomic E-state index is 6.01. The van der Waals surface area contributed by atoms with E-state index < -0.39 is 0 Å². The first-order valence-corrected chi connectivity index (χ1v) is 7.60.